The SMILES string of the molecule is CCC(C)(NC(=O)CC1COCCN1)C(=O)OC. The van der Waals surface area contributed by atoms with Gasteiger partial charge in [-0.3, -0.25) is 4.79 Å². The molecule has 6 heteroatoms. The minimum Gasteiger partial charge on any atom is -0.467 e. The molecule has 104 valence electrons. The van der Waals surface area contributed by atoms with Crippen LogP contribution in [0.4, 0.5) is 0 Å². The molecule has 1 fully saturated rings. The van der Waals surface area contributed by atoms with Crippen LogP contribution in [0.5, 0.6) is 0 Å². The summed E-state index contributed by atoms with van der Waals surface area (Å²) in [6, 6.07) is 0.0116. The predicted molar refractivity (Wildman–Crippen MR) is 66.1 cm³/mol. The van der Waals surface area contributed by atoms with Crippen molar-refractivity contribution < 1.29 is 19.1 Å². The highest BCUT2D eigenvalue weighted by atomic mass is 16.5. The Balaban J connectivity index is 2.48. The molecule has 1 aliphatic heterocycles. The van der Waals surface area contributed by atoms with Gasteiger partial charge >= 0.3 is 5.97 Å². The Morgan fingerprint density at radius 3 is 2.78 bits per heavy atom. The number of hydrogen-bond donors (Lipinski definition) is 2. The number of esters is 1. The van der Waals surface area contributed by atoms with Crippen molar-refractivity contribution in [3.05, 3.63) is 0 Å². The predicted octanol–water partition coefficient (Wildman–Crippen LogP) is -0.177. The molecular formula is C12H22N2O4. The third kappa shape index (κ3) is 3.96. The lowest BCUT2D eigenvalue weighted by Gasteiger charge is -2.28. The van der Waals surface area contributed by atoms with Gasteiger partial charge in [0.05, 0.1) is 20.3 Å². The third-order valence-electron chi connectivity index (χ3n) is 3.19. The number of carbonyl (C=O) groups excluding carboxylic acids is 2. The number of rotatable bonds is 5. The van der Waals surface area contributed by atoms with Crippen molar-refractivity contribution in [1.82, 2.24) is 10.6 Å². The number of hydrogen-bond acceptors (Lipinski definition) is 5. The van der Waals surface area contributed by atoms with Crippen LogP contribution in [0.2, 0.25) is 0 Å². The molecule has 0 saturated carbocycles. The fourth-order valence-corrected chi connectivity index (χ4v) is 1.84. The molecule has 1 rings (SSSR count). The van der Waals surface area contributed by atoms with E-state index in [1.54, 1.807) is 6.92 Å². The first-order valence-corrected chi connectivity index (χ1v) is 6.22. The molecule has 6 nitrogen and oxygen atoms in total. The van der Waals surface area contributed by atoms with E-state index in [-0.39, 0.29) is 11.9 Å². The largest absolute Gasteiger partial charge is 0.467 e. The fraction of sp³-hybridized carbons (Fsp3) is 0.833. The summed E-state index contributed by atoms with van der Waals surface area (Å²) in [6.07, 6.45) is 0.784. The molecule has 2 unspecified atom stereocenters. The van der Waals surface area contributed by atoms with Gasteiger partial charge in [0.25, 0.3) is 0 Å². The zero-order valence-electron chi connectivity index (χ0n) is 11.2. The first kappa shape index (κ1) is 14.9. The van der Waals surface area contributed by atoms with E-state index in [2.05, 4.69) is 10.6 Å². The van der Waals surface area contributed by atoms with E-state index in [9.17, 15) is 9.59 Å². The average Bonchev–Trinajstić information content (AvgIpc) is 2.38. The van der Waals surface area contributed by atoms with Gasteiger partial charge in [-0.15, -0.1) is 0 Å². The van der Waals surface area contributed by atoms with Gasteiger partial charge in [0.2, 0.25) is 5.91 Å². The van der Waals surface area contributed by atoms with Crippen LogP contribution >= 0.6 is 0 Å². The summed E-state index contributed by atoms with van der Waals surface area (Å²) >= 11 is 0. The average molecular weight is 258 g/mol. The number of amides is 1. The van der Waals surface area contributed by atoms with Crippen LogP contribution in [-0.2, 0) is 19.1 Å². The van der Waals surface area contributed by atoms with Gasteiger partial charge in [-0.2, -0.15) is 0 Å². The van der Waals surface area contributed by atoms with Crippen molar-refractivity contribution in [2.75, 3.05) is 26.9 Å². The molecule has 0 aromatic heterocycles. The van der Waals surface area contributed by atoms with Gasteiger partial charge in [0.1, 0.15) is 5.54 Å². The smallest absolute Gasteiger partial charge is 0.331 e. The molecule has 0 spiro atoms. The Morgan fingerprint density at radius 2 is 2.28 bits per heavy atom. The quantitative estimate of drug-likeness (QED) is 0.669. The Bertz CT molecular complexity index is 302. The summed E-state index contributed by atoms with van der Waals surface area (Å²) in [5.41, 5.74) is -0.957. The van der Waals surface area contributed by atoms with Gasteiger partial charge in [-0.25, -0.2) is 4.79 Å². The van der Waals surface area contributed by atoms with Gasteiger partial charge in [0, 0.05) is 19.0 Å². The number of ether oxygens (including phenoxy) is 2. The molecule has 1 aliphatic rings. The maximum absolute atomic E-state index is 11.9. The molecule has 2 N–H and O–H groups in total. The van der Waals surface area contributed by atoms with Crippen LogP contribution in [-0.4, -0.2) is 50.3 Å². The van der Waals surface area contributed by atoms with Crippen LogP contribution in [0.15, 0.2) is 0 Å². The Kier molecular flexibility index (Phi) is 5.55. The molecular weight excluding hydrogens is 236 g/mol. The summed E-state index contributed by atoms with van der Waals surface area (Å²) in [4.78, 5) is 23.5. The lowest BCUT2D eigenvalue weighted by Crippen LogP contribution is -2.54. The normalized spacial score (nSPS) is 22.9. The zero-order chi connectivity index (χ0) is 13.6. The minimum absolute atomic E-state index is 0.0116. The molecule has 0 radical (unpaired) electrons. The lowest BCUT2D eigenvalue weighted by molar-refractivity contribution is -0.150. The number of methoxy groups -OCH3 is 1. The van der Waals surface area contributed by atoms with Gasteiger partial charge in [-0.1, -0.05) is 6.92 Å². The van der Waals surface area contributed by atoms with Crippen molar-refractivity contribution >= 4 is 11.9 Å². The van der Waals surface area contributed by atoms with Crippen LogP contribution in [0.1, 0.15) is 26.7 Å². The second-order valence-electron chi connectivity index (χ2n) is 4.66. The second kappa shape index (κ2) is 6.70. The minimum atomic E-state index is -0.957. The first-order valence-electron chi connectivity index (χ1n) is 6.22. The van der Waals surface area contributed by atoms with Crippen molar-refractivity contribution in [2.24, 2.45) is 0 Å². The Labute approximate surface area is 107 Å². The van der Waals surface area contributed by atoms with Crippen molar-refractivity contribution in [1.29, 1.82) is 0 Å². The van der Waals surface area contributed by atoms with Crippen molar-refractivity contribution in [3.63, 3.8) is 0 Å². The highest BCUT2D eigenvalue weighted by Crippen LogP contribution is 2.12. The molecule has 1 heterocycles. The molecule has 0 bridgehead atoms. The van der Waals surface area contributed by atoms with Crippen molar-refractivity contribution in [2.45, 2.75) is 38.3 Å². The van der Waals surface area contributed by atoms with E-state index >= 15 is 0 Å². The molecule has 0 aromatic carbocycles. The number of carbonyl (C=O) groups is 2. The van der Waals surface area contributed by atoms with Crippen LogP contribution in [0.3, 0.4) is 0 Å². The lowest BCUT2D eigenvalue weighted by atomic mass is 9.98. The molecule has 0 aliphatic carbocycles. The zero-order valence-corrected chi connectivity index (χ0v) is 11.2. The van der Waals surface area contributed by atoms with Crippen LogP contribution in [0, 0.1) is 0 Å². The second-order valence-corrected chi connectivity index (χ2v) is 4.66. The summed E-state index contributed by atoms with van der Waals surface area (Å²) in [5.74, 6) is -0.598. The van der Waals surface area contributed by atoms with E-state index in [0.29, 0.717) is 26.1 Å². The summed E-state index contributed by atoms with van der Waals surface area (Å²) in [5, 5.41) is 5.93. The van der Waals surface area contributed by atoms with Crippen LogP contribution in [0.25, 0.3) is 0 Å². The van der Waals surface area contributed by atoms with E-state index < -0.39 is 11.5 Å². The first-order chi connectivity index (χ1) is 8.51. The Hall–Kier alpha value is -1.14. The standard InChI is InChI=1S/C12H22N2O4/c1-4-12(2,11(16)17-3)14-10(15)7-9-8-18-6-5-13-9/h9,13H,4-8H2,1-3H3,(H,14,15). The summed E-state index contributed by atoms with van der Waals surface area (Å²) in [6.45, 7) is 5.45. The van der Waals surface area contributed by atoms with E-state index in [1.165, 1.54) is 7.11 Å². The van der Waals surface area contributed by atoms with E-state index in [0.717, 1.165) is 6.54 Å². The molecule has 0 aromatic rings. The third-order valence-corrected chi connectivity index (χ3v) is 3.19. The highest BCUT2D eigenvalue weighted by Gasteiger charge is 2.34. The highest BCUT2D eigenvalue weighted by molar-refractivity contribution is 5.87. The summed E-state index contributed by atoms with van der Waals surface area (Å²) < 4.78 is 9.98. The van der Waals surface area contributed by atoms with Crippen molar-refractivity contribution in [3.8, 4) is 0 Å². The monoisotopic (exact) mass is 258 g/mol. The topological polar surface area (TPSA) is 76.7 Å². The fourth-order valence-electron chi connectivity index (χ4n) is 1.84. The van der Waals surface area contributed by atoms with Crippen LogP contribution < -0.4 is 10.6 Å². The number of nitrogens with one attached hydrogen (secondary N) is 2. The van der Waals surface area contributed by atoms with Gasteiger partial charge < -0.3 is 20.1 Å². The van der Waals surface area contributed by atoms with E-state index in [4.69, 9.17) is 9.47 Å². The molecule has 18 heavy (non-hydrogen) atoms. The maximum atomic E-state index is 11.9. The number of morpholine rings is 1. The van der Waals surface area contributed by atoms with Gasteiger partial charge in [-0.05, 0) is 13.3 Å². The molecule has 1 saturated heterocycles. The maximum Gasteiger partial charge on any atom is 0.331 e. The molecule has 2 atom stereocenters. The Morgan fingerprint density at radius 1 is 1.56 bits per heavy atom. The van der Waals surface area contributed by atoms with Gasteiger partial charge in [0.15, 0.2) is 0 Å². The van der Waals surface area contributed by atoms with E-state index in [1.807, 2.05) is 6.92 Å². The summed E-state index contributed by atoms with van der Waals surface area (Å²) in [7, 11) is 1.32. The molecule has 1 amide bonds.